The number of hydrogen-bond donors (Lipinski definition) is 0. The molecule has 3 rings (SSSR count). The van der Waals surface area contributed by atoms with Gasteiger partial charge in [-0.05, 0) is 30.7 Å². The summed E-state index contributed by atoms with van der Waals surface area (Å²) in [7, 11) is -3.94. The van der Waals surface area contributed by atoms with Crippen LogP contribution in [0.2, 0.25) is 0 Å². The number of nitrogens with zero attached hydrogens (tertiary/aromatic N) is 1. The summed E-state index contributed by atoms with van der Waals surface area (Å²) >= 11 is 0. The summed E-state index contributed by atoms with van der Waals surface area (Å²) in [5, 5.41) is 0. The molecule has 5 nitrogen and oxygen atoms in total. The van der Waals surface area contributed by atoms with Gasteiger partial charge in [-0.25, -0.2) is 4.79 Å². The van der Waals surface area contributed by atoms with Crippen LogP contribution in [0.3, 0.4) is 0 Å². The number of rotatable bonds is 7. The molecular formula is C24H21NO4S. The Hall–Kier alpha value is -3.51. The van der Waals surface area contributed by atoms with Crippen LogP contribution in [-0.2, 0) is 26.2 Å². The number of allylic oxidation sites excluding steroid dienone is 1. The summed E-state index contributed by atoms with van der Waals surface area (Å²) in [5.74, 6) is -0.588. The fourth-order valence-corrected chi connectivity index (χ4v) is 3.62. The van der Waals surface area contributed by atoms with E-state index in [9.17, 15) is 13.2 Å². The lowest BCUT2D eigenvalue weighted by molar-refractivity contribution is -0.139. The first-order valence-corrected chi connectivity index (χ1v) is 10.7. The SMILES string of the molecule is Cc1ccc(S(=O)(=O)/N=C(/C=C/C(=O)OCc2ccccc2)c2ccccc2)cc1. The highest BCUT2D eigenvalue weighted by Crippen LogP contribution is 2.15. The predicted octanol–water partition coefficient (Wildman–Crippen LogP) is 4.47. The summed E-state index contributed by atoms with van der Waals surface area (Å²) in [4.78, 5) is 12.2. The molecule has 3 aromatic carbocycles. The van der Waals surface area contributed by atoms with E-state index < -0.39 is 16.0 Å². The highest BCUT2D eigenvalue weighted by atomic mass is 32.2. The van der Waals surface area contributed by atoms with E-state index in [2.05, 4.69) is 4.40 Å². The highest BCUT2D eigenvalue weighted by molar-refractivity contribution is 7.90. The molecule has 3 aromatic rings. The fraction of sp³-hybridized carbons (Fsp3) is 0.0833. The Bertz CT molecular complexity index is 1150. The smallest absolute Gasteiger partial charge is 0.331 e. The van der Waals surface area contributed by atoms with Crippen molar-refractivity contribution in [1.82, 2.24) is 0 Å². The van der Waals surface area contributed by atoms with Crippen molar-refractivity contribution in [3.63, 3.8) is 0 Å². The van der Waals surface area contributed by atoms with Gasteiger partial charge in [0, 0.05) is 11.6 Å². The predicted molar refractivity (Wildman–Crippen MR) is 117 cm³/mol. The molecular weight excluding hydrogens is 398 g/mol. The van der Waals surface area contributed by atoms with E-state index in [0.29, 0.717) is 5.56 Å². The van der Waals surface area contributed by atoms with Crippen LogP contribution in [0.1, 0.15) is 16.7 Å². The number of ether oxygens (including phenoxy) is 1. The number of esters is 1. The van der Waals surface area contributed by atoms with Crippen LogP contribution < -0.4 is 0 Å². The minimum Gasteiger partial charge on any atom is -0.458 e. The van der Waals surface area contributed by atoms with Gasteiger partial charge in [0.25, 0.3) is 10.0 Å². The first-order valence-electron chi connectivity index (χ1n) is 9.30. The lowest BCUT2D eigenvalue weighted by Gasteiger charge is -2.05. The fourth-order valence-electron chi connectivity index (χ4n) is 2.60. The van der Waals surface area contributed by atoms with E-state index in [4.69, 9.17) is 4.74 Å². The molecule has 0 aliphatic heterocycles. The zero-order valence-corrected chi connectivity index (χ0v) is 17.2. The quantitative estimate of drug-likeness (QED) is 0.322. The van der Waals surface area contributed by atoms with Crippen molar-refractivity contribution in [3.8, 4) is 0 Å². The van der Waals surface area contributed by atoms with Crippen LogP contribution in [0.15, 0.2) is 106 Å². The highest BCUT2D eigenvalue weighted by Gasteiger charge is 2.14. The monoisotopic (exact) mass is 419 g/mol. The molecule has 0 heterocycles. The summed E-state index contributed by atoms with van der Waals surface area (Å²) in [6.07, 6.45) is 2.54. The normalized spacial score (nSPS) is 12.1. The molecule has 0 saturated heterocycles. The van der Waals surface area contributed by atoms with E-state index >= 15 is 0 Å². The first-order chi connectivity index (χ1) is 14.4. The van der Waals surface area contributed by atoms with Crippen molar-refractivity contribution < 1.29 is 17.9 Å². The zero-order chi connectivity index (χ0) is 21.4. The standard InChI is InChI=1S/C24H21NO4S/c1-19-12-14-22(15-13-19)30(27,28)25-23(21-10-6-3-7-11-21)16-17-24(26)29-18-20-8-4-2-5-9-20/h2-17H,18H2,1H3/b17-16+,25-23-. The first kappa shape index (κ1) is 21.2. The Morgan fingerprint density at radius 2 is 1.47 bits per heavy atom. The van der Waals surface area contributed by atoms with E-state index in [-0.39, 0.29) is 17.2 Å². The third-order valence-electron chi connectivity index (χ3n) is 4.21. The van der Waals surface area contributed by atoms with Crippen molar-refractivity contribution in [1.29, 1.82) is 0 Å². The molecule has 30 heavy (non-hydrogen) atoms. The largest absolute Gasteiger partial charge is 0.458 e. The van der Waals surface area contributed by atoms with Crippen molar-refractivity contribution in [2.24, 2.45) is 4.40 Å². The molecule has 0 bridgehead atoms. The number of carbonyl (C=O) groups is 1. The van der Waals surface area contributed by atoms with Gasteiger partial charge in [0.15, 0.2) is 0 Å². The van der Waals surface area contributed by atoms with Crippen LogP contribution in [-0.4, -0.2) is 20.1 Å². The molecule has 0 saturated carbocycles. The third kappa shape index (κ3) is 5.99. The maximum Gasteiger partial charge on any atom is 0.331 e. The summed E-state index contributed by atoms with van der Waals surface area (Å²) in [6, 6.07) is 24.5. The lowest BCUT2D eigenvalue weighted by atomic mass is 10.1. The Kier molecular flexibility index (Phi) is 6.93. The molecule has 0 radical (unpaired) electrons. The van der Waals surface area contributed by atoms with Crippen LogP contribution in [0.4, 0.5) is 0 Å². The summed E-state index contributed by atoms with van der Waals surface area (Å²) in [6.45, 7) is 2.00. The number of benzene rings is 3. The number of sulfonamides is 1. The van der Waals surface area contributed by atoms with Gasteiger partial charge in [-0.3, -0.25) is 0 Å². The van der Waals surface area contributed by atoms with Gasteiger partial charge >= 0.3 is 5.97 Å². The molecule has 0 unspecified atom stereocenters. The molecule has 6 heteroatoms. The second-order valence-corrected chi connectivity index (χ2v) is 8.16. The van der Waals surface area contributed by atoms with Gasteiger partial charge in [-0.1, -0.05) is 78.4 Å². The number of carbonyl (C=O) groups excluding carboxylic acids is 1. The van der Waals surface area contributed by atoms with Gasteiger partial charge in [0.2, 0.25) is 0 Å². The molecule has 0 atom stereocenters. The van der Waals surface area contributed by atoms with Crippen molar-refractivity contribution in [3.05, 3.63) is 114 Å². The Morgan fingerprint density at radius 1 is 0.867 bits per heavy atom. The molecule has 0 aliphatic carbocycles. The van der Waals surface area contributed by atoms with E-state index in [0.717, 1.165) is 11.1 Å². The van der Waals surface area contributed by atoms with Gasteiger partial charge in [0.05, 0.1) is 10.6 Å². The lowest BCUT2D eigenvalue weighted by Crippen LogP contribution is -2.06. The van der Waals surface area contributed by atoms with E-state index in [1.807, 2.05) is 43.3 Å². The van der Waals surface area contributed by atoms with Gasteiger partial charge in [0.1, 0.15) is 6.61 Å². The second kappa shape index (κ2) is 9.80. The average Bonchev–Trinajstić information content (AvgIpc) is 2.77. The van der Waals surface area contributed by atoms with Crippen molar-refractivity contribution >= 4 is 21.7 Å². The molecule has 0 N–H and O–H groups in total. The maximum atomic E-state index is 12.7. The summed E-state index contributed by atoms with van der Waals surface area (Å²) < 4.78 is 34.7. The van der Waals surface area contributed by atoms with E-state index in [1.165, 1.54) is 24.3 Å². The van der Waals surface area contributed by atoms with Crippen molar-refractivity contribution in [2.45, 2.75) is 18.4 Å². The molecule has 0 aromatic heterocycles. The molecule has 152 valence electrons. The second-order valence-electron chi connectivity index (χ2n) is 6.56. The molecule has 0 fully saturated rings. The van der Waals surface area contributed by atoms with Gasteiger partial charge in [-0.15, -0.1) is 0 Å². The van der Waals surface area contributed by atoms with Crippen molar-refractivity contribution in [2.75, 3.05) is 0 Å². The average molecular weight is 420 g/mol. The van der Waals surface area contributed by atoms with Crippen LogP contribution in [0.25, 0.3) is 0 Å². The zero-order valence-electron chi connectivity index (χ0n) is 16.4. The van der Waals surface area contributed by atoms with Crippen LogP contribution in [0, 0.1) is 6.92 Å². The minimum atomic E-state index is -3.94. The van der Waals surface area contributed by atoms with Crippen LogP contribution >= 0.6 is 0 Å². The molecule has 0 spiro atoms. The third-order valence-corrected chi connectivity index (χ3v) is 5.51. The minimum absolute atomic E-state index is 0.0848. The Balaban J connectivity index is 1.84. The topological polar surface area (TPSA) is 72.8 Å². The van der Waals surface area contributed by atoms with Gasteiger partial charge in [-0.2, -0.15) is 12.8 Å². The Labute approximate surface area is 176 Å². The maximum absolute atomic E-state index is 12.7. The van der Waals surface area contributed by atoms with Gasteiger partial charge < -0.3 is 4.74 Å². The molecule has 0 amide bonds. The Morgan fingerprint density at radius 3 is 2.10 bits per heavy atom. The molecule has 0 aliphatic rings. The number of aryl methyl sites for hydroxylation is 1. The number of hydrogen-bond acceptors (Lipinski definition) is 4. The van der Waals surface area contributed by atoms with E-state index in [1.54, 1.807) is 36.4 Å². The van der Waals surface area contributed by atoms with Crippen LogP contribution in [0.5, 0.6) is 0 Å². The summed E-state index contributed by atoms with van der Waals surface area (Å²) in [5.41, 5.74) is 2.52.